The highest BCUT2D eigenvalue weighted by Crippen LogP contribution is 2.18. The molecule has 2 rings (SSSR count). The van der Waals surface area contributed by atoms with E-state index in [1.54, 1.807) is 12.1 Å². The van der Waals surface area contributed by atoms with Gasteiger partial charge in [0.25, 0.3) is 5.91 Å². The minimum atomic E-state index is 0.0598. The Balaban J connectivity index is 1.88. The molecule has 0 aromatic heterocycles. The van der Waals surface area contributed by atoms with Gasteiger partial charge in [0.15, 0.2) is 6.61 Å². The average molecular weight is 248 g/mol. The Kier molecular flexibility index (Phi) is 4.07. The van der Waals surface area contributed by atoms with E-state index in [4.69, 9.17) is 10.5 Å². The normalized spacial score (nSPS) is 19.6. The number of nitrogens with zero attached hydrogens (tertiary/aromatic N) is 1. The molecule has 4 nitrogen and oxygen atoms in total. The maximum Gasteiger partial charge on any atom is 0.260 e. The van der Waals surface area contributed by atoms with E-state index < -0.39 is 0 Å². The van der Waals surface area contributed by atoms with Crippen molar-refractivity contribution in [1.82, 2.24) is 4.90 Å². The second-order valence-corrected chi connectivity index (χ2v) is 4.79. The summed E-state index contributed by atoms with van der Waals surface area (Å²) in [6.45, 7) is 3.03. The van der Waals surface area contributed by atoms with E-state index >= 15 is 0 Å². The van der Waals surface area contributed by atoms with Gasteiger partial charge in [-0.1, -0.05) is 6.07 Å². The van der Waals surface area contributed by atoms with Crippen LogP contribution >= 0.6 is 0 Å². The monoisotopic (exact) mass is 248 g/mol. The molecule has 1 atom stereocenters. The lowest BCUT2D eigenvalue weighted by atomic mass is 10.0. The number of ether oxygens (including phenoxy) is 1. The predicted molar refractivity (Wildman–Crippen MR) is 71.4 cm³/mol. The number of amides is 1. The van der Waals surface area contributed by atoms with E-state index in [0.29, 0.717) is 17.5 Å². The Morgan fingerprint density at radius 2 is 2.33 bits per heavy atom. The van der Waals surface area contributed by atoms with Gasteiger partial charge in [-0.05, 0) is 38.3 Å². The first-order valence-electron chi connectivity index (χ1n) is 6.44. The summed E-state index contributed by atoms with van der Waals surface area (Å²) in [4.78, 5) is 13.9. The lowest BCUT2D eigenvalue weighted by Gasteiger charge is -2.33. The zero-order valence-corrected chi connectivity index (χ0v) is 10.8. The molecular formula is C14H20N2O2. The van der Waals surface area contributed by atoms with Gasteiger partial charge < -0.3 is 15.4 Å². The van der Waals surface area contributed by atoms with Crippen LogP contribution in [0.3, 0.4) is 0 Å². The molecule has 0 unspecified atom stereocenters. The summed E-state index contributed by atoms with van der Waals surface area (Å²) < 4.78 is 5.48. The number of nitrogens with two attached hydrogens (primary N) is 1. The lowest BCUT2D eigenvalue weighted by Crippen LogP contribution is -2.44. The van der Waals surface area contributed by atoms with Crippen LogP contribution in [0.1, 0.15) is 26.2 Å². The fourth-order valence-electron chi connectivity index (χ4n) is 2.30. The fraction of sp³-hybridized carbons (Fsp3) is 0.500. The second-order valence-electron chi connectivity index (χ2n) is 4.79. The van der Waals surface area contributed by atoms with Gasteiger partial charge >= 0.3 is 0 Å². The molecule has 0 radical (unpaired) electrons. The van der Waals surface area contributed by atoms with Crippen molar-refractivity contribution < 1.29 is 9.53 Å². The largest absolute Gasteiger partial charge is 0.484 e. The number of anilines is 1. The SMILES string of the molecule is C[C@@H]1CCCCN1C(=O)COc1cccc(N)c1. The summed E-state index contributed by atoms with van der Waals surface area (Å²) in [6.07, 6.45) is 3.39. The van der Waals surface area contributed by atoms with E-state index in [0.717, 1.165) is 19.4 Å². The van der Waals surface area contributed by atoms with Crippen molar-refractivity contribution in [1.29, 1.82) is 0 Å². The first-order chi connectivity index (χ1) is 8.66. The smallest absolute Gasteiger partial charge is 0.260 e. The Hall–Kier alpha value is -1.71. The van der Waals surface area contributed by atoms with Crippen LogP contribution < -0.4 is 10.5 Å². The molecule has 1 aliphatic rings. The van der Waals surface area contributed by atoms with Crippen molar-refractivity contribution >= 4 is 11.6 Å². The zero-order chi connectivity index (χ0) is 13.0. The van der Waals surface area contributed by atoms with Crippen molar-refractivity contribution in [3.05, 3.63) is 24.3 Å². The van der Waals surface area contributed by atoms with Crippen LogP contribution in [0.25, 0.3) is 0 Å². The molecule has 1 aromatic rings. The first-order valence-corrected chi connectivity index (χ1v) is 6.44. The summed E-state index contributed by atoms with van der Waals surface area (Å²) in [6, 6.07) is 7.48. The maximum atomic E-state index is 12.0. The van der Waals surface area contributed by atoms with Crippen molar-refractivity contribution in [3.63, 3.8) is 0 Å². The van der Waals surface area contributed by atoms with Crippen LogP contribution in [-0.4, -0.2) is 30.0 Å². The standard InChI is InChI=1S/C14H20N2O2/c1-11-5-2-3-8-16(11)14(17)10-18-13-7-4-6-12(15)9-13/h4,6-7,9,11H,2-3,5,8,10,15H2,1H3/t11-/m1/s1. The van der Waals surface area contributed by atoms with Crippen LogP contribution in [0.15, 0.2) is 24.3 Å². The fourth-order valence-corrected chi connectivity index (χ4v) is 2.30. The van der Waals surface area contributed by atoms with Crippen LogP contribution in [0.2, 0.25) is 0 Å². The first kappa shape index (κ1) is 12.7. The number of hydrogen-bond donors (Lipinski definition) is 1. The molecule has 4 heteroatoms. The van der Waals surface area contributed by atoms with E-state index in [1.165, 1.54) is 6.42 Å². The predicted octanol–water partition coefficient (Wildman–Crippen LogP) is 2.05. The molecule has 1 saturated heterocycles. The zero-order valence-electron chi connectivity index (χ0n) is 10.8. The summed E-state index contributed by atoms with van der Waals surface area (Å²) in [5, 5.41) is 0. The van der Waals surface area contributed by atoms with Gasteiger partial charge in [-0.3, -0.25) is 4.79 Å². The molecule has 0 bridgehead atoms. The van der Waals surface area contributed by atoms with Crippen LogP contribution in [-0.2, 0) is 4.79 Å². The molecule has 2 N–H and O–H groups in total. The third-order valence-electron chi connectivity index (χ3n) is 3.34. The Morgan fingerprint density at radius 3 is 3.06 bits per heavy atom. The van der Waals surface area contributed by atoms with E-state index in [2.05, 4.69) is 6.92 Å². The molecule has 1 heterocycles. The number of piperidine rings is 1. The van der Waals surface area contributed by atoms with Gasteiger partial charge in [-0.25, -0.2) is 0 Å². The van der Waals surface area contributed by atoms with E-state index in [-0.39, 0.29) is 12.5 Å². The van der Waals surface area contributed by atoms with Gasteiger partial charge in [0.05, 0.1) is 0 Å². The minimum absolute atomic E-state index is 0.0598. The average Bonchev–Trinajstić information content (AvgIpc) is 2.37. The van der Waals surface area contributed by atoms with Crippen molar-refractivity contribution in [2.24, 2.45) is 0 Å². The molecule has 1 fully saturated rings. The number of benzene rings is 1. The Morgan fingerprint density at radius 1 is 1.50 bits per heavy atom. The lowest BCUT2D eigenvalue weighted by molar-refractivity contribution is -0.136. The summed E-state index contributed by atoms with van der Waals surface area (Å²) in [7, 11) is 0. The van der Waals surface area contributed by atoms with Crippen LogP contribution in [0.4, 0.5) is 5.69 Å². The van der Waals surface area contributed by atoms with Gasteiger partial charge in [0.2, 0.25) is 0 Å². The number of likely N-dealkylation sites (tertiary alicyclic amines) is 1. The van der Waals surface area contributed by atoms with E-state index in [1.807, 2.05) is 17.0 Å². The molecule has 18 heavy (non-hydrogen) atoms. The van der Waals surface area contributed by atoms with Crippen molar-refractivity contribution in [3.8, 4) is 5.75 Å². The maximum absolute atomic E-state index is 12.0. The molecule has 0 spiro atoms. The van der Waals surface area contributed by atoms with Gasteiger partial charge in [0.1, 0.15) is 5.75 Å². The van der Waals surface area contributed by atoms with Crippen molar-refractivity contribution in [2.75, 3.05) is 18.9 Å². The Bertz CT molecular complexity index is 420. The summed E-state index contributed by atoms with van der Waals surface area (Å²) >= 11 is 0. The molecule has 98 valence electrons. The second kappa shape index (κ2) is 5.76. The summed E-state index contributed by atoms with van der Waals surface area (Å²) in [5.41, 5.74) is 6.30. The third kappa shape index (κ3) is 3.15. The summed E-state index contributed by atoms with van der Waals surface area (Å²) in [5.74, 6) is 0.706. The van der Waals surface area contributed by atoms with Gasteiger partial charge in [-0.2, -0.15) is 0 Å². The van der Waals surface area contributed by atoms with E-state index in [9.17, 15) is 4.79 Å². The molecule has 1 aromatic carbocycles. The van der Waals surface area contributed by atoms with Gasteiger partial charge in [0, 0.05) is 24.3 Å². The number of carbonyl (C=O) groups is 1. The van der Waals surface area contributed by atoms with Crippen LogP contribution in [0.5, 0.6) is 5.75 Å². The molecule has 0 aliphatic carbocycles. The molecule has 1 aliphatic heterocycles. The molecule has 1 amide bonds. The number of rotatable bonds is 3. The third-order valence-corrected chi connectivity index (χ3v) is 3.34. The minimum Gasteiger partial charge on any atom is -0.484 e. The highest BCUT2D eigenvalue weighted by atomic mass is 16.5. The Labute approximate surface area is 108 Å². The van der Waals surface area contributed by atoms with Crippen LogP contribution in [0, 0.1) is 0 Å². The molecular weight excluding hydrogens is 228 g/mol. The number of carbonyl (C=O) groups excluding carboxylic acids is 1. The van der Waals surface area contributed by atoms with Gasteiger partial charge in [-0.15, -0.1) is 0 Å². The number of hydrogen-bond acceptors (Lipinski definition) is 3. The highest BCUT2D eigenvalue weighted by molar-refractivity contribution is 5.78. The topological polar surface area (TPSA) is 55.6 Å². The molecule has 0 saturated carbocycles. The van der Waals surface area contributed by atoms with Crippen molar-refractivity contribution in [2.45, 2.75) is 32.2 Å². The number of nitrogen functional groups attached to an aromatic ring is 1. The highest BCUT2D eigenvalue weighted by Gasteiger charge is 2.23. The quantitative estimate of drug-likeness (QED) is 0.833.